The average Bonchev–Trinajstić information content (AvgIpc) is 2.91. The van der Waals surface area contributed by atoms with Crippen molar-refractivity contribution in [2.75, 3.05) is 0 Å². The molecule has 0 amide bonds. The molecule has 0 saturated heterocycles. The maximum absolute atomic E-state index is 3.87. The number of aryl methyl sites for hydroxylation is 2. The summed E-state index contributed by atoms with van der Waals surface area (Å²) in [5.74, 6) is 0.967. The van der Waals surface area contributed by atoms with Gasteiger partial charge in [0.1, 0.15) is 0 Å². The molecular formula is C16H23N. The standard InChI is InChI=1S/C16H23N/c1-3-4-13-10-16(13)17-15-8-7-12-6-5-11(2)9-14(12)15/h5-6,9,13,15-17H,3-4,7-8,10H2,1-2H3. The van der Waals surface area contributed by atoms with Crippen LogP contribution in [0.1, 0.15) is 55.3 Å². The molecule has 0 aromatic heterocycles. The van der Waals surface area contributed by atoms with Crippen LogP contribution in [0.3, 0.4) is 0 Å². The Balaban J connectivity index is 1.66. The van der Waals surface area contributed by atoms with E-state index in [4.69, 9.17) is 0 Å². The van der Waals surface area contributed by atoms with Crippen molar-refractivity contribution in [1.82, 2.24) is 5.32 Å². The molecule has 1 aromatic rings. The number of rotatable bonds is 4. The Labute approximate surface area is 105 Å². The minimum Gasteiger partial charge on any atom is -0.307 e. The lowest BCUT2D eigenvalue weighted by molar-refractivity contribution is 0.498. The van der Waals surface area contributed by atoms with Crippen molar-refractivity contribution in [2.24, 2.45) is 5.92 Å². The second kappa shape index (κ2) is 4.45. The van der Waals surface area contributed by atoms with E-state index in [0.29, 0.717) is 6.04 Å². The fraction of sp³-hybridized carbons (Fsp3) is 0.625. The third-order valence-corrected chi connectivity index (χ3v) is 4.38. The number of hydrogen-bond donors (Lipinski definition) is 1. The van der Waals surface area contributed by atoms with Gasteiger partial charge in [0, 0.05) is 12.1 Å². The van der Waals surface area contributed by atoms with Crippen molar-refractivity contribution in [3.63, 3.8) is 0 Å². The molecule has 3 atom stereocenters. The predicted molar refractivity (Wildman–Crippen MR) is 72.2 cm³/mol. The first-order chi connectivity index (χ1) is 8.28. The zero-order chi connectivity index (χ0) is 11.8. The first-order valence-electron chi connectivity index (χ1n) is 7.13. The van der Waals surface area contributed by atoms with E-state index in [2.05, 4.69) is 37.4 Å². The van der Waals surface area contributed by atoms with Crippen molar-refractivity contribution in [2.45, 2.75) is 58.0 Å². The second-order valence-electron chi connectivity index (χ2n) is 5.85. The van der Waals surface area contributed by atoms with Gasteiger partial charge in [-0.2, -0.15) is 0 Å². The molecule has 0 heterocycles. The molecule has 1 heteroatoms. The first-order valence-corrected chi connectivity index (χ1v) is 7.13. The van der Waals surface area contributed by atoms with Gasteiger partial charge in [0.25, 0.3) is 0 Å². The monoisotopic (exact) mass is 229 g/mol. The van der Waals surface area contributed by atoms with Gasteiger partial charge in [-0.3, -0.25) is 0 Å². The fourth-order valence-electron chi connectivity index (χ4n) is 3.29. The van der Waals surface area contributed by atoms with Crippen LogP contribution in [0, 0.1) is 12.8 Å². The number of nitrogens with one attached hydrogen (secondary N) is 1. The highest BCUT2D eigenvalue weighted by molar-refractivity contribution is 5.37. The van der Waals surface area contributed by atoms with Crippen molar-refractivity contribution >= 4 is 0 Å². The first kappa shape index (κ1) is 11.3. The normalized spacial score (nSPS) is 30.4. The summed E-state index contributed by atoms with van der Waals surface area (Å²) in [7, 11) is 0. The summed E-state index contributed by atoms with van der Waals surface area (Å²) in [6, 6.07) is 8.40. The van der Waals surface area contributed by atoms with Crippen LogP contribution in [0.5, 0.6) is 0 Å². The second-order valence-corrected chi connectivity index (χ2v) is 5.85. The van der Waals surface area contributed by atoms with E-state index in [9.17, 15) is 0 Å². The largest absolute Gasteiger partial charge is 0.307 e. The van der Waals surface area contributed by atoms with E-state index in [1.165, 1.54) is 37.7 Å². The lowest BCUT2D eigenvalue weighted by Gasteiger charge is -2.14. The molecule has 2 aliphatic carbocycles. The maximum Gasteiger partial charge on any atom is 0.0328 e. The van der Waals surface area contributed by atoms with E-state index in [0.717, 1.165) is 12.0 Å². The SMILES string of the molecule is CCCC1CC1NC1CCc2ccc(C)cc21. The number of benzene rings is 1. The molecule has 3 rings (SSSR count). The lowest BCUT2D eigenvalue weighted by atomic mass is 10.0. The van der Waals surface area contributed by atoms with E-state index in [-0.39, 0.29) is 0 Å². The zero-order valence-corrected chi connectivity index (χ0v) is 11.0. The Hall–Kier alpha value is -0.820. The van der Waals surface area contributed by atoms with Gasteiger partial charge in [-0.15, -0.1) is 0 Å². The summed E-state index contributed by atoms with van der Waals surface area (Å²) in [5, 5.41) is 3.87. The number of fused-ring (bicyclic) bond motifs is 1. The van der Waals surface area contributed by atoms with Gasteiger partial charge in [-0.05, 0) is 49.7 Å². The van der Waals surface area contributed by atoms with Gasteiger partial charge in [-0.1, -0.05) is 37.1 Å². The Kier molecular flexibility index (Phi) is 2.96. The summed E-state index contributed by atoms with van der Waals surface area (Å²) < 4.78 is 0. The number of hydrogen-bond acceptors (Lipinski definition) is 1. The van der Waals surface area contributed by atoms with Gasteiger partial charge in [0.15, 0.2) is 0 Å². The quantitative estimate of drug-likeness (QED) is 0.829. The molecule has 17 heavy (non-hydrogen) atoms. The molecule has 1 aromatic carbocycles. The van der Waals surface area contributed by atoms with Crippen molar-refractivity contribution in [3.05, 3.63) is 34.9 Å². The Morgan fingerprint density at radius 2 is 2.24 bits per heavy atom. The molecule has 1 saturated carbocycles. The van der Waals surface area contributed by atoms with Crippen molar-refractivity contribution in [1.29, 1.82) is 0 Å². The van der Waals surface area contributed by atoms with Gasteiger partial charge in [-0.25, -0.2) is 0 Å². The van der Waals surface area contributed by atoms with Crippen LogP contribution < -0.4 is 5.32 Å². The smallest absolute Gasteiger partial charge is 0.0328 e. The topological polar surface area (TPSA) is 12.0 Å². The van der Waals surface area contributed by atoms with Crippen LogP contribution in [-0.4, -0.2) is 6.04 Å². The van der Waals surface area contributed by atoms with Crippen molar-refractivity contribution < 1.29 is 0 Å². The van der Waals surface area contributed by atoms with Gasteiger partial charge >= 0.3 is 0 Å². The van der Waals surface area contributed by atoms with E-state index < -0.39 is 0 Å². The summed E-state index contributed by atoms with van der Waals surface area (Å²) in [4.78, 5) is 0. The highest BCUT2D eigenvalue weighted by Gasteiger charge is 2.38. The van der Waals surface area contributed by atoms with Crippen LogP contribution >= 0.6 is 0 Å². The molecule has 1 fully saturated rings. The van der Waals surface area contributed by atoms with E-state index in [1.54, 1.807) is 11.1 Å². The summed E-state index contributed by atoms with van der Waals surface area (Å²) in [5.41, 5.74) is 4.55. The Morgan fingerprint density at radius 3 is 3.06 bits per heavy atom. The fourth-order valence-corrected chi connectivity index (χ4v) is 3.29. The minimum atomic E-state index is 0.636. The molecule has 0 radical (unpaired) electrons. The van der Waals surface area contributed by atoms with E-state index in [1.807, 2.05) is 0 Å². The molecule has 1 nitrogen and oxygen atoms in total. The summed E-state index contributed by atoms with van der Waals surface area (Å²) in [6.07, 6.45) is 6.71. The average molecular weight is 229 g/mol. The molecule has 0 aliphatic heterocycles. The van der Waals surface area contributed by atoms with Crippen LogP contribution in [-0.2, 0) is 6.42 Å². The molecule has 0 bridgehead atoms. The highest BCUT2D eigenvalue weighted by atomic mass is 15.0. The highest BCUT2D eigenvalue weighted by Crippen LogP contribution is 2.39. The summed E-state index contributed by atoms with van der Waals surface area (Å²) in [6.45, 7) is 4.50. The minimum absolute atomic E-state index is 0.636. The van der Waals surface area contributed by atoms with Crippen LogP contribution in [0.25, 0.3) is 0 Å². The molecular weight excluding hydrogens is 206 g/mol. The zero-order valence-electron chi connectivity index (χ0n) is 11.0. The molecule has 2 aliphatic rings. The third-order valence-electron chi connectivity index (χ3n) is 4.38. The molecule has 1 N–H and O–H groups in total. The van der Waals surface area contributed by atoms with Gasteiger partial charge < -0.3 is 5.32 Å². The van der Waals surface area contributed by atoms with E-state index >= 15 is 0 Å². The molecule has 92 valence electrons. The van der Waals surface area contributed by atoms with Crippen LogP contribution in [0.4, 0.5) is 0 Å². The maximum atomic E-state index is 3.87. The Bertz CT molecular complexity index is 410. The van der Waals surface area contributed by atoms with Gasteiger partial charge in [0.05, 0.1) is 0 Å². The Morgan fingerprint density at radius 1 is 1.35 bits per heavy atom. The van der Waals surface area contributed by atoms with Crippen LogP contribution in [0.2, 0.25) is 0 Å². The van der Waals surface area contributed by atoms with Crippen molar-refractivity contribution in [3.8, 4) is 0 Å². The molecule has 0 spiro atoms. The third kappa shape index (κ3) is 2.26. The van der Waals surface area contributed by atoms with Crippen LogP contribution in [0.15, 0.2) is 18.2 Å². The predicted octanol–water partition coefficient (Wildman–Crippen LogP) is 3.76. The summed E-state index contributed by atoms with van der Waals surface area (Å²) >= 11 is 0. The lowest BCUT2D eigenvalue weighted by Crippen LogP contribution is -2.23. The van der Waals surface area contributed by atoms with Gasteiger partial charge in [0.2, 0.25) is 0 Å². The molecule has 3 unspecified atom stereocenters.